The molecule has 25 heavy (non-hydrogen) atoms. The normalized spacial score (nSPS) is 21.3. The molecule has 0 spiro atoms. The zero-order valence-electron chi connectivity index (χ0n) is 16.0. The average Bonchev–Trinajstić information content (AvgIpc) is 2.56. The summed E-state index contributed by atoms with van der Waals surface area (Å²) in [7, 11) is 1.85. The Balaban J connectivity index is 1.82. The van der Waals surface area contributed by atoms with Gasteiger partial charge in [0, 0.05) is 39.8 Å². The van der Waals surface area contributed by atoms with Gasteiger partial charge in [0.05, 0.1) is 25.2 Å². The lowest BCUT2D eigenvalue weighted by atomic mass is 10.1. The summed E-state index contributed by atoms with van der Waals surface area (Å²) < 4.78 is 11.0. The van der Waals surface area contributed by atoms with Gasteiger partial charge in [-0.05, 0) is 31.9 Å². The minimum Gasteiger partial charge on any atom is -0.381 e. The topological polar surface area (TPSA) is 42.0 Å². The van der Waals surface area contributed by atoms with E-state index in [1.807, 2.05) is 14.0 Å². The fraction of sp³-hybridized carbons (Fsp3) is 0.650. The molecule has 0 aromatic heterocycles. The van der Waals surface area contributed by atoms with Gasteiger partial charge in [-0.2, -0.15) is 0 Å². The van der Waals surface area contributed by atoms with Crippen LogP contribution in [0.5, 0.6) is 0 Å². The molecular formula is C20H32N2O3. The molecule has 0 unspecified atom stereocenters. The number of nitrogens with zero attached hydrogens (tertiary/aromatic N) is 2. The Hall–Kier alpha value is -1.43. The molecule has 1 aliphatic rings. The van der Waals surface area contributed by atoms with Crippen molar-refractivity contribution in [2.24, 2.45) is 0 Å². The third-order valence-corrected chi connectivity index (χ3v) is 4.43. The van der Waals surface area contributed by atoms with Crippen LogP contribution in [0, 0.1) is 0 Å². The Morgan fingerprint density at radius 3 is 2.40 bits per heavy atom. The summed E-state index contributed by atoms with van der Waals surface area (Å²) in [6, 6.07) is 8.57. The van der Waals surface area contributed by atoms with Crippen molar-refractivity contribution in [1.82, 2.24) is 9.80 Å². The summed E-state index contributed by atoms with van der Waals surface area (Å²) in [6.45, 7) is 10.9. The lowest BCUT2D eigenvalue weighted by molar-refractivity contribution is -0.131. The van der Waals surface area contributed by atoms with Gasteiger partial charge in [-0.3, -0.25) is 9.69 Å². The number of amides is 1. The van der Waals surface area contributed by atoms with Crippen LogP contribution in [0.2, 0.25) is 0 Å². The minimum atomic E-state index is 0.119. The first-order valence-electron chi connectivity index (χ1n) is 9.25. The molecule has 140 valence electrons. The number of hydrogen-bond acceptors (Lipinski definition) is 4. The molecule has 1 amide bonds. The van der Waals surface area contributed by atoms with Crippen LogP contribution in [0.3, 0.4) is 0 Å². The quantitative estimate of drug-likeness (QED) is 0.678. The number of benzene rings is 1. The first kappa shape index (κ1) is 19.9. The van der Waals surface area contributed by atoms with Gasteiger partial charge in [0.1, 0.15) is 0 Å². The van der Waals surface area contributed by atoms with Gasteiger partial charge in [-0.1, -0.05) is 24.3 Å². The summed E-state index contributed by atoms with van der Waals surface area (Å²) in [4.78, 5) is 16.2. The first-order valence-corrected chi connectivity index (χ1v) is 9.25. The number of morpholine rings is 1. The van der Waals surface area contributed by atoms with E-state index >= 15 is 0 Å². The van der Waals surface area contributed by atoms with Crippen LogP contribution in [0.15, 0.2) is 24.3 Å². The standard InChI is InChI=1S/C20H32N2O3/c1-5-24-11-10-20(23)21(4)14-18-6-8-19(9-7-18)15-22-12-16(2)25-17(3)13-22/h6-9,16-17H,5,10-15H2,1-4H3/t16-,17+. The highest BCUT2D eigenvalue weighted by molar-refractivity contribution is 5.75. The fourth-order valence-corrected chi connectivity index (χ4v) is 3.28. The van der Waals surface area contributed by atoms with Crippen LogP contribution in [-0.2, 0) is 27.4 Å². The van der Waals surface area contributed by atoms with Gasteiger partial charge in [0.2, 0.25) is 5.91 Å². The molecule has 0 radical (unpaired) electrons. The zero-order chi connectivity index (χ0) is 18.2. The van der Waals surface area contributed by atoms with Gasteiger partial charge < -0.3 is 14.4 Å². The van der Waals surface area contributed by atoms with Crippen LogP contribution in [-0.4, -0.2) is 61.3 Å². The van der Waals surface area contributed by atoms with Crippen LogP contribution < -0.4 is 0 Å². The average molecular weight is 348 g/mol. The summed E-state index contributed by atoms with van der Waals surface area (Å²) in [5, 5.41) is 0. The van der Waals surface area contributed by atoms with Crippen molar-refractivity contribution in [1.29, 1.82) is 0 Å². The summed E-state index contributed by atoms with van der Waals surface area (Å²) in [5.41, 5.74) is 2.45. The minimum absolute atomic E-state index is 0.119. The Kier molecular flexibility index (Phi) is 7.88. The van der Waals surface area contributed by atoms with Gasteiger partial charge in [0.15, 0.2) is 0 Å². The maximum Gasteiger partial charge on any atom is 0.224 e. The van der Waals surface area contributed by atoms with Crippen molar-refractivity contribution in [2.45, 2.75) is 52.5 Å². The molecule has 1 aliphatic heterocycles. The molecule has 2 atom stereocenters. The van der Waals surface area contributed by atoms with E-state index in [0.29, 0.717) is 38.4 Å². The molecule has 1 saturated heterocycles. The van der Waals surface area contributed by atoms with Crippen molar-refractivity contribution in [3.63, 3.8) is 0 Å². The van der Waals surface area contributed by atoms with Crippen molar-refractivity contribution in [3.8, 4) is 0 Å². The Labute approximate surface area is 151 Å². The zero-order valence-corrected chi connectivity index (χ0v) is 16.0. The molecule has 5 nitrogen and oxygen atoms in total. The molecular weight excluding hydrogens is 316 g/mol. The molecule has 1 heterocycles. The lowest BCUT2D eigenvalue weighted by Crippen LogP contribution is -2.44. The van der Waals surface area contributed by atoms with Crippen molar-refractivity contribution >= 4 is 5.91 Å². The highest BCUT2D eigenvalue weighted by atomic mass is 16.5. The number of ether oxygens (including phenoxy) is 2. The number of carbonyl (C=O) groups excluding carboxylic acids is 1. The van der Waals surface area contributed by atoms with Crippen LogP contribution in [0.25, 0.3) is 0 Å². The van der Waals surface area contributed by atoms with E-state index in [1.165, 1.54) is 5.56 Å². The second kappa shape index (κ2) is 9.90. The molecule has 0 bridgehead atoms. The number of hydrogen-bond donors (Lipinski definition) is 0. The van der Waals surface area contributed by atoms with E-state index < -0.39 is 0 Å². The van der Waals surface area contributed by atoms with Gasteiger partial charge >= 0.3 is 0 Å². The predicted octanol–water partition coefficient (Wildman–Crippen LogP) is 2.68. The van der Waals surface area contributed by atoms with E-state index in [4.69, 9.17) is 9.47 Å². The number of rotatable bonds is 8. The fourth-order valence-electron chi connectivity index (χ4n) is 3.28. The second-order valence-corrected chi connectivity index (χ2v) is 6.96. The number of carbonyl (C=O) groups is 1. The largest absolute Gasteiger partial charge is 0.381 e. The smallest absolute Gasteiger partial charge is 0.224 e. The SMILES string of the molecule is CCOCCC(=O)N(C)Cc1ccc(CN2C[C@@H](C)O[C@@H](C)C2)cc1. The van der Waals surface area contributed by atoms with Crippen LogP contribution >= 0.6 is 0 Å². The Morgan fingerprint density at radius 1 is 1.20 bits per heavy atom. The second-order valence-electron chi connectivity index (χ2n) is 6.96. The monoisotopic (exact) mass is 348 g/mol. The van der Waals surface area contributed by atoms with Crippen LogP contribution in [0.4, 0.5) is 0 Å². The maximum atomic E-state index is 12.0. The van der Waals surface area contributed by atoms with Crippen molar-refractivity contribution in [2.75, 3.05) is 33.4 Å². The Morgan fingerprint density at radius 2 is 1.80 bits per heavy atom. The Bertz CT molecular complexity index is 522. The van der Waals surface area contributed by atoms with Gasteiger partial charge in [0.25, 0.3) is 0 Å². The predicted molar refractivity (Wildman–Crippen MR) is 99.3 cm³/mol. The van der Waals surface area contributed by atoms with Crippen molar-refractivity contribution < 1.29 is 14.3 Å². The van der Waals surface area contributed by atoms with E-state index in [1.54, 1.807) is 4.90 Å². The molecule has 0 saturated carbocycles. The van der Waals surface area contributed by atoms with Crippen molar-refractivity contribution in [3.05, 3.63) is 35.4 Å². The molecule has 1 fully saturated rings. The van der Waals surface area contributed by atoms with Crippen LogP contribution in [0.1, 0.15) is 38.3 Å². The molecule has 0 N–H and O–H groups in total. The van der Waals surface area contributed by atoms with E-state index in [9.17, 15) is 4.79 Å². The first-order chi connectivity index (χ1) is 12.0. The molecule has 5 heteroatoms. The van der Waals surface area contributed by atoms with E-state index in [0.717, 1.165) is 25.2 Å². The molecule has 1 aromatic rings. The maximum absolute atomic E-state index is 12.0. The van der Waals surface area contributed by atoms with E-state index in [-0.39, 0.29) is 5.91 Å². The third kappa shape index (κ3) is 6.77. The third-order valence-electron chi connectivity index (χ3n) is 4.43. The summed E-state index contributed by atoms with van der Waals surface area (Å²) in [5.74, 6) is 0.119. The highest BCUT2D eigenvalue weighted by Gasteiger charge is 2.21. The summed E-state index contributed by atoms with van der Waals surface area (Å²) in [6.07, 6.45) is 1.02. The molecule has 1 aromatic carbocycles. The lowest BCUT2D eigenvalue weighted by Gasteiger charge is -2.35. The van der Waals surface area contributed by atoms with Gasteiger partial charge in [-0.25, -0.2) is 0 Å². The summed E-state index contributed by atoms with van der Waals surface area (Å²) >= 11 is 0. The van der Waals surface area contributed by atoms with E-state index in [2.05, 4.69) is 43.0 Å². The highest BCUT2D eigenvalue weighted by Crippen LogP contribution is 2.15. The van der Waals surface area contributed by atoms with Gasteiger partial charge in [-0.15, -0.1) is 0 Å². The molecule has 0 aliphatic carbocycles. The molecule has 2 rings (SSSR count).